The van der Waals surface area contributed by atoms with Crippen molar-refractivity contribution in [2.24, 2.45) is 5.92 Å². The number of nitrogens with one attached hydrogen (secondary N) is 2. The van der Waals surface area contributed by atoms with Gasteiger partial charge in [-0.15, -0.1) is 0 Å². The molecule has 1 heterocycles. The van der Waals surface area contributed by atoms with Crippen LogP contribution in [0.4, 0.5) is 0 Å². The Labute approximate surface area is 137 Å². The Bertz CT molecular complexity index is 881. The summed E-state index contributed by atoms with van der Waals surface area (Å²) in [6.45, 7) is 3.11. The number of amides is 1. The van der Waals surface area contributed by atoms with Crippen LogP contribution in [-0.2, 0) is 9.59 Å². The number of para-hydroxylation sites is 1. The van der Waals surface area contributed by atoms with Gasteiger partial charge in [-0.3, -0.25) is 14.4 Å². The van der Waals surface area contributed by atoms with Crippen molar-refractivity contribution in [3.8, 4) is 0 Å². The number of benzene rings is 1. The molecule has 0 spiro atoms. The molecule has 0 aliphatic carbocycles. The van der Waals surface area contributed by atoms with Crippen LogP contribution >= 0.6 is 0 Å². The molecule has 1 aromatic heterocycles. The summed E-state index contributed by atoms with van der Waals surface area (Å²) in [4.78, 5) is 50.6. The van der Waals surface area contributed by atoms with Crippen molar-refractivity contribution < 1.29 is 14.7 Å². The third-order valence-electron chi connectivity index (χ3n) is 3.56. The maximum absolute atomic E-state index is 12.7. The van der Waals surface area contributed by atoms with E-state index < -0.39 is 35.7 Å². The Hall–Kier alpha value is -2.90. The van der Waals surface area contributed by atoms with Crippen LogP contribution in [0.15, 0.2) is 33.9 Å². The number of carboxylic acids is 1. The van der Waals surface area contributed by atoms with Gasteiger partial charge in [-0.2, -0.15) is 0 Å². The number of aromatic amines is 1. The minimum atomic E-state index is -1.20. The molecule has 1 atom stereocenters. The van der Waals surface area contributed by atoms with E-state index in [2.05, 4.69) is 10.3 Å². The first-order valence-corrected chi connectivity index (χ1v) is 7.54. The van der Waals surface area contributed by atoms with Crippen molar-refractivity contribution in [2.45, 2.75) is 26.3 Å². The first-order valence-electron chi connectivity index (χ1n) is 7.54. The second-order valence-electron chi connectivity index (χ2n) is 5.91. The maximum Gasteiger partial charge on any atom is 0.329 e. The van der Waals surface area contributed by atoms with Crippen LogP contribution in [0.25, 0.3) is 10.9 Å². The van der Waals surface area contributed by atoms with Gasteiger partial charge >= 0.3 is 11.7 Å². The molecular formula is C16H19N3O5. The lowest BCUT2D eigenvalue weighted by Gasteiger charge is -2.20. The van der Waals surface area contributed by atoms with Crippen molar-refractivity contribution in [1.82, 2.24) is 14.9 Å². The summed E-state index contributed by atoms with van der Waals surface area (Å²) in [6.07, 6.45) is 0.229. The van der Waals surface area contributed by atoms with E-state index in [9.17, 15) is 19.2 Å². The summed E-state index contributed by atoms with van der Waals surface area (Å²) in [5.74, 6) is -1.86. The van der Waals surface area contributed by atoms with Crippen molar-refractivity contribution in [3.05, 3.63) is 45.1 Å². The van der Waals surface area contributed by atoms with Gasteiger partial charge in [0.2, 0.25) is 5.91 Å². The Morgan fingerprint density at radius 2 is 1.92 bits per heavy atom. The molecule has 0 aliphatic heterocycles. The highest BCUT2D eigenvalue weighted by Gasteiger charge is 2.26. The predicted octanol–water partition coefficient (Wildman–Crippen LogP) is 0.478. The van der Waals surface area contributed by atoms with E-state index in [1.54, 1.807) is 24.3 Å². The molecular weight excluding hydrogens is 314 g/mol. The highest BCUT2D eigenvalue weighted by molar-refractivity contribution is 5.84. The minimum absolute atomic E-state index is 0.0170. The van der Waals surface area contributed by atoms with Crippen molar-refractivity contribution >= 4 is 22.8 Å². The number of hydrogen-bond acceptors (Lipinski definition) is 4. The van der Waals surface area contributed by atoms with Gasteiger partial charge < -0.3 is 15.4 Å². The summed E-state index contributed by atoms with van der Waals surface area (Å²) in [7, 11) is 0. The lowest BCUT2D eigenvalue weighted by atomic mass is 10.0. The zero-order chi connectivity index (χ0) is 17.9. The van der Waals surface area contributed by atoms with Crippen LogP contribution in [0.3, 0.4) is 0 Å². The number of H-pyrrole nitrogens is 1. The molecule has 0 aliphatic rings. The van der Waals surface area contributed by atoms with Gasteiger partial charge in [-0.05, 0) is 24.5 Å². The zero-order valence-corrected chi connectivity index (χ0v) is 13.4. The van der Waals surface area contributed by atoms with Crippen LogP contribution in [0.5, 0.6) is 0 Å². The van der Waals surface area contributed by atoms with Crippen LogP contribution in [-0.4, -0.2) is 33.1 Å². The molecule has 0 saturated heterocycles. The van der Waals surface area contributed by atoms with E-state index in [-0.39, 0.29) is 17.7 Å². The summed E-state index contributed by atoms with van der Waals surface area (Å²) >= 11 is 0. The van der Waals surface area contributed by atoms with Gasteiger partial charge in [0.25, 0.3) is 5.56 Å². The smallest absolute Gasteiger partial charge is 0.329 e. The highest BCUT2D eigenvalue weighted by Crippen LogP contribution is 2.16. The average Bonchev–Trinajstić information content (AvgIpc) is 2.51. The number of fused-ring (bicyclic) bond motifs is 1. The Morgan fingerprint density at radius 1 is 1.25 bits per heavy atom. The largest absolute Gasteiger partial charge is 0.480 e. The van der Waals surface area contributed by atoms with Gasteiger partial charge in [0, 0.05) is 0 Å². The van der Waals surface area contributed by atoms with Crippen LogP contribution < -0.4 is 16.6 Å². The average molecular weight is 333 g/mol. The third-order valence-corrected chi connectivity index (χ3v) is 3.56. The van der Waals surface area contributed by atoms with Gasteiger partial charge in [0.1, 0.15) is 12.6 Å². The number of aromatic nitrogens is 2. The molecule has 1 aromatic carbocycles. The first kappa shape index (κ1) is 17.5. The molecule has 2 rings (SSSR count). The molecule has 0 saturated carbocycles. The van der Waals surface area contributed by atoms with Crippen LogP contribution in [0.2, 0.25) is 0 Å². The van der Waals surface area contributed by atoms with E-state index in [1.807, 2.05) is 13.8 Å². The molecule has 0 radical (unpaired) electrons. The molecule has 3 N–H and O–H groups in total. The number of nitrogens with zero attached hydrogens (tertiary/aromatic N) is 1. The molecule has 1 amide bonds. The normalized spacial score (nSPS) is 12.3. The standard InChI is InChI=1S/C16H19N3O5/c1-9(2)7-12(14(22)17-8-13(20)21)19-15(23)10-5-3-4-6-11(10)18-16(19)24/h3-6,9,12H,7-8H2,1-2H3,(H,17,22)(H,18,24)(H,20,21)/t12-/m0/s1. The van der Waals surface area contributed by atoms with Crippen LogP contribution in [0, 0.1) is 5.92 Å². The second kappa shape index (κ2) is 7.12. The SMILES string of the molecule is CC(C)C[C@@H](C(=O)NCC(=O)O)n1c(=O)[nH]c2ccccc2c1=O. The number of rotatable bonds is 6. The molecule has 24 heavy (non-hydrogen) atoms. The molecule has 0 bridgehead atoms. The van der Waals surface area contributed by atoms with Crippen molar-refractivity contribution in [3.63, 3.8) is 0 Å². The van der Waals surface area contributed by atoms with E-state index >= 15 is 0 Å². The Balaban J connectivity index is 2.55. The number of aliphatic carboxylic acids is 1. The monoisotopic (exact) mass is 333 g/mol. The first-order chi connectivity index (χ1) is 11.3. The summed E-state index contributed by atoms with van der Waals surface area (Å²) in [5, 5.41) is 11.2. The molecule has 0 fully saturated rings. The lowest BCUT2D eigenvalue weighted by Crippen LogP contribution is -2.45. The summed E-state index contributed by atoms with van der Waals surface area (Å²) in [6, 6.07) is 5.43. The van der Waals surface area contributed by atoms with Crippen molar-refractivity contribution in [2.75, 3.05) is 6.54 Å². The molecule has 128 valence electrons. The number of carbonyl (C=O) groups excluding carboxylic acids is 1. The topological polar surface area (TPSA) is 121 Å². The molecule has 0 unspecified atom stereocenters. The van der Waals surface area contributed by atoms with Gasteiger partial charge in [0.05, 0.1) is 10.9 Å². The minimum Gasteiger partial charge on any atom is -0.480 e. The second-order valence-corrected chi connectivity index (χ2v) is 5.91. The zero-order valence-electron chi connectivity index (χ0n) is 13.4. The van der Waals surface area contributed by atoms with Crippen molar-refractivity contribution in [1.29, 1.82) is 0 Å². The quantitative estimate of drug-likeness (QED) is 0.710. The van der Waals surface area contributed by atoms with E-state index in [1.165, 1.54) is 0 Å². The summed E-state index contributed by atoms with van der Waals surface area (Å²) in [5.41, 5.74) is -0.890. The van der Waals surface area contributed by atoms with Gasteiger partial charge in [-0.1, -0.05) is 26.0 Å². The van der Waals surface area contributed by atoms with Gasteiger partial charge in [0.15, 0.2) is 0 Å². The summed E-state index contributed by atoms with van der Waals surface area (Å²) < 4.78 is 0.861. The lowest BCUT2D eigenvalue weighted by molar-refractivity contribution is -0.138. The Kier molecular flexibility index (Phi) is 5.18. The maximum atomic E-state index is 12.7. The fourth-order valence-corrected chi connectivity index (χ4v) is 2.52. The molecule has 8 heteroatoms. The number of carbonyl (C=O) groups is 2. The third kappa shape index (κ3) is 3.70. The fourth-order valence-electron chi connectivity index (χ4n) is 2.52. The van der Waals surface area contributed by atoms with E-state index in [0.29, 0.717) is 5.52 Å². The number of carboxylic acid groups (broad SMARTS) is 1. The van der Waals surface area contributed by atoms with E-state index in [4.69, 9.17) is 5.11 Å². The Morgan fingerprint density at radius 3 is 2.54 bits per heavy atom. The molecule has 8 nitrogen and oxygen atoms in total. The van der Waals surface area contributed by atoms with E-state index in [0.717, 1.165) is 4.57 Å². The van der Waals surface area contributed by atoms with Crippen LogP contribution in [0.1, 0.15) is 26.3 Å². The molecule has 2 aromatic rings. The predicted molar refractivity (Wildman–Crippen MR) is 88.0 cm³/mol. The van der Waals surface area contributed by atoms with Gasteiger partial charge in [-0.25, -0.2) is 9.36 Å². The number of hydrogen-bond donors (Lipinski definition) is 3. The highest BCUT2D eigenvalue weighted by atomic mass is 16.4. The fraction of sp³-hybridized carbons (Fsp3) is 0.375.